The van der Waals surface area contributed by atoms with Gasteiger partial charge >= 0.3 is 0 Å². The van der Waals surface area contributed by atoms with Crippen LogP contribution in [0.25, 0.3) is 0 Å². The van der Waals surface area contributed by atoms with Crippen molar-refractivity contribution in [2.75, 3.05) is 5.32 Å². The Hall–Kier alpha value is -2.54. The van der Waals surface area contributed by atoms with E-state index in [0.29, 0.717) is 0 Å². The molecule has 109 valence electrons. The van der Waals surface area contributed by atoms with Crippen LogP contribution in [0, 0.1) is 6.92 Å². The zero-order chi connectivity index (χ0) is 15.3. The fraction of sp³-hybridized carbons (Fsp3) is 0.0952. The van der Waals surface area contributed by atoms with Gasteiger partial charge < -0.3 is 5.32 Å². The van der Waals surface area contributed by atoms with Gasteiger partial charge in [-0.25, -0.2) is 0 Å². The van der Waals surface area contributed by atoms with Crippen LogP contribution in [0.1, 0.15) is 11.1 Å². The Kier molecular flexibility index (Phi) is 4.24. The van der Waals surface area contributed by atoms with Crippen LogP contribution in [-0.2, 0) is 12.0 Å². The standard InChI is InChI=1S/C21H20N/c1-21(19-13-7-3-8-14-19,17-18-11-5-2-6-12-18)22-20-15-9-4-10-16-20/h2-16,22H,1,17H2. The Morgan fingerprint density at radius 1 is 0.682 bits per heavy atom. The van der Waals surface area contributed by atoms with Gasteiger partial charge in [0, 0.05) is 5.69 Å². The topological polar surface area (TPSA) is 12.0 Å². The smallest absolute Gasteiger partial charge is 0.0666 e. The van der Waals surface area contributed by atoms with E-state index in [2.05, 4.69) is 72.9 Å². The second-order valence-electron chi connectivity index (χ2n) is 5.60. The van der Waals surface area contributed by atoms with Crippen LogP contribution >= 0.6 is 0 Å². The minimum atomic E-state index is -0.399. The van der Waals surface area contributed by atoms with E-state index in [4.69, 9.17) is 0 Å². The summed E-state index contributed by atoms with van der Waals surface area (Å²) in [6, 6.07) is 31.2. The summed E-state index contributed by atoms with van der Waals surface area (Å²) in [6.07, 6.45) is 0.826. The minimum absolute atomic E-state index is 0.399. The van der Waals surface area contributed by atoms with Crippen molar-refractivity contribution in [3.63, 3.8) is 0 Å². The molecule has 0 heterocycles. The number of nitrogens with one attached hydrogen (secondary N) is 1. The number of benzene rings is 3. The van der Waals surface area contributed by atoms with Gasteiger partial charge in [-0.05, 0) is 36.6 Å². The van der Waals surface area contributed by atoms with Crippen molar-refractivity contribution in [2.24, 2.45) is 0 Å². The van der Waals surface area contributed by atoms with Crippen molar-refractivity contribution in [3.8, 4) is 0 Å². The molecule has 1 heteroatoms. The summed E-state index contributed by atoms with van der Waals surface area (Å²) in [5.74, 6) is 0. The molecular weight excluding hydrogens is 266 g/mol. The van der Waals surface area contributed by atoms with Gasteiger partial charge in [-0.2, -0.15) is 0 Å². The molecule has 0 bridgehead atoms. The second kappa shape index (κ2) is 6.48. The quantitative estimate of drug-likeness (QED) is 0.690. The van der Waals surface area contributed by atoms with E-state index in [0.717, 1.165) is 12.1 Å². The van der Waals surface area contributed by atoms with Crippen molar-refractivity contribution < 1.29 is 0 Å². The van der Waals surface area contributed by atoms with Gasteiger partial charge in [-0.3, -0.25) is 0 Å². The Morgan fingerprint density at radius 3 is 1.77 bits per heavy atom. The minimum Gasteiger partial charge on any atom is -0.375 e. The van der Waals surface area contributed by atoms with Crippen molar-refractivity contribution in [2.45, 2.75) is 12.0 Å². The van der Waals surface area contributed by atoms with E-state index in [1.54, 1.807) is 0 Å². The van der Waals surface area contributed by atoms with Gasteiger partial charge in [-0.1, -0.05) is 78.9 Å². The molecule has 3 aromatic rings. The maximum Gasteiger partial charge on any atom is 0.0666 e. The number of hydrogen-bond donors (Lipinski definition) is 1. The lowest BCUT2D eigenvalue weighted by molar-refractivity contribution is 0.604. The highest BCUT2D eigenvalue weighted by Crippen LogP contribution is 2.29. The van der Waals surface area contributed by atoms with Crippen molar-refractivity contribution >= 4 is 5.69 Å². The van der Waals surface area contributed by atoms with Crippen LogP contribution in [0.4, 0.5) is 5.69 Å². The van der Waals surface area contributed by atoms with E-state index in [1.165, 1.54) is 11.1 Å². The number of hydrogen-bond acceptors (Lipinski definition) is 1. The molecule has 3 aromatic carbocycles. The normalized spacial score (nSPS) is 13.3. The molecule has 0 amide bonds. The molecule has 0 fully saturated rings. The van der Waals surface area contributed by atoms with Gasteiger partial charge in [0.25, 0.3) is 0 Å². The van der Waals surface area contributed by atoms with Crippen LogP contribution in [0.2, 0.25) is 0 Å². The first-order chi connectivity index (χ1) is 10.8. The predicted octanol–water partition coefficient (Wildman–Crippen LogP) is 5.07. The third-order valence-electron chi connectivity index (χ3n) is 3.83. The summed E-state index contributed by atoms with van der Waals surface area (Å²) >= 11 is 0. The molecular formula is C21H20N. The number of para-hydroxylation sites is 1. The molecule has 0 saturated heterocycles. The lowest BCUT2D eigenvalue weighted by atomic mass is 9.85. The monoisotopic (exact) mass is 286 g/mol. The SMILES string of the molecule is [CH2]C(Cc1ccccc1)(Nc1ccccc1)c1ccccc1. The first-order valence-electron chi connectivity index (χ1n) is 7.54. The molecule has 1 radical (unpaired) electrons. The van der Waals surface area contributed by atoms with Crippen LogP contribution < -0.4 is 5.32 Å². The highest BCUT2D eigenvalue weighted by molar-refractivity contribution is 5.49. The molecule has 0 aliphatic heterocycles. The molecule has 1 atom stereocenters. The second-order valence-corrected chi connectivity index (χ2v) is 5.60. The third kappa shape index (κ3) is 3.37. The number of anilines is 1. The van der Waals surface area contributed by atoms with E-state index >= 15 is 0 Å². The molecule has 0 saturated carbocycles. The lowest BCUT2D eigenvalue weighted by Gasteiger charge is -2.33. The van der Waals surface area contributed by atoms with Gasteiger partial charge in [-0.15, -0.1) is 0 Å². The van der Waals surface area contributed by atoms with Gasteiger partial charge in [0.2, 0.25) is 0 Å². The Morgan fingerprint density at radius 2 is 1.18 bits per heavy atom. The molecule has 0 spiro atoms. The van der Waals surface area contributed by atoms with Gasteiger partial charge in [0.05, 0.1) is 5.54 Å². The maximum absolute atomic E-state index is 4.52. The Bertz CT molecular complexity index is 648. The molecule has 1 unspecified atom stereocenters. The molecule has 0 aliphatic carbocycles. The highest BCUT2D eigenvalue weighted by atomic mass is 15.0. The largest absolute Gasteiger partial charge is 0.375 e. The maximum atomic E-state index is 4.52. The van der Waals surface area contributed by atoms with E-state index < -0.39 is 5.54 Å². The zero-order valence-corrected chi connectivity index (χ0v) is 12.6. The van der Waals surface area contributed by atoms with E-state index in [9.17, 15) is 0 Å². The third-order valence-corrected chi connectivity index (χ3v) is 3.83. The molecule has 0 aliphatic rings. The van der Waals surface area contributed by atoms with Crippen LogP contribution in [0.15, 0.2) is 91.0 Å². The van der Waals surface area contributed by atoms with Gasteiger partial charge in [0.1, 0.15) is 0 Å². The van der Waals surface area contributed by atoms with Crippen molar-refractivity contribution in [1.29, 1.82) is 0 Å². The Balaban J connectivity index is 1.95. The summed E-state index contributed by atoms with van der Waals surface area (Å²) < 4.78 is 0. The van der Waals surface area contributed by atoms with Crippen LogP contribution in [0.5, 0.6) is 0 Å². The predicted molar refractivity (Wildman–Crippen MR) is 93.7 cm³/mol. The fourth-order valence-electron chi connectivity index (χ4n) is 2.72. The fourth-order valence-corrected chi connectivity index (χ4v) is 2.72. The average Bonchev–Trinajstić information content (AvgIpc) is 2.57. The first kappa shape index (κ1) is 14.4. The molecule has 0 aromatic heterocycles. The van der Waals surface area contributed by atoms with Crippen molar-refractivity contribution in [1.82, 2.24) is 0 Å². The van der Waals surface area contributed by atoms with Crippen LogP contribution in [0.3, 0.4) is 0 Å². The zero-order valence-electron chi connectivity index (χ0n) is 12.6. The number of rotatable bonds is 5. The summed E-state index contributed by atoms with van der Waals surface area (Å²) in [4.78, 5) is 0. The summed E-state index contributed by atoms with van der Waals surface area (Å²) in [5, 5.41) is 3.61. The average molecular weight is 286 g/mol. The van der Waals surface area contributed by atoms with Gasteiger partial charge in [0.15, 0.2) is 0 Å². The molecule has 1 nitrogen and oxygen atoms in total. The highest BCUT2D eigenvalue weighted by Gasteiger charge is 2.26. The first-order valence-corrected chi connectivity index (χ1v) is 7.54. The Labute approximate surface area is 132 Å². The summed E-state index contributed by atoms with van der Waals surface area (Å²) in [6.45, 7) is 4.52. The molecule has 3 rings (SSSR count). The summed E-state index contributed by atoms with van der Waals surface area (Å²) in [5.41, 5.74) is 3.13. The van der Waals surface area contributed by atoms with Crippen molar-refractivity contribution in [3.05, 3.63) is 109 Å². The van der Waals surface area contributed by atoms with E-state index in [1.807, 2.05) is 30.3 Å². The van der Waals surface area contributed by atoms with E-state index in [-0.39, 0.29) is 0 Å². The van der Waals surface area contributed by atoms with Crippen LogP contribution in [-0.4, -0.2) is 0 Å². The summed E-state index contributed by atoms with van der Waals surface area (Å²) in [7, 11) is 0. The molecule has 22 heavy (non-hydrogen) atoms. The lowest BCUT2D eigenvalue weighted by Crippen LogP contribution is -2.34. The molecule has 1 N–H and O–H groups in total.